The quantitative estimate of drug-likeness (QED) is 0.911. The highest BCUT2D eigenvalue weighted by molar-refractivity contribution is 5.64. The molecule has 1 aromatic heterocycles. The Morgan fingerprint density at radius 3 is 2.70 bits per heavy atom. The summed E-state index contributed by atoms with van der Waals surface area (Å²) in [4.78, 5) is 8.36. The van der Waals surface area contributed by atoms with Crippen LogP contribution in [0.4, 0.5) is 4.39 Å². The lowest BCUT2D eigenvalue weighted by Gasteiger charge is -2.11. The molecule has 0 saturated carbocycles. The molecule has 0 aliphatic heterocycles. The van der Waals surface area contributed by atoms with E-state index in [4.69, 9.17) is 4.74 Å². The predicted octanol–water partition coefficient (Wildman–Crippen LogP) is 2.79. The van der Waals surface area contributed by atoms with Crippen LogP contribution < -0.4 is 10.1 Å². The maximum atomic E-state index is 13.8. The molecule has 0 fully saturated rings. The van der Waals surface area contributed by atoms with Gasteiger partial charge in [-0.05, 0) is 18.2 Å². The van der Waals surface area contributed by atoms with Crippen molar-refractivity contribution in [2.75, 3.05) is 7.11 Å². The van der Waals surface area contributed by atoms with Crippen LogP contribution in [-0.4, -0.2) is 23.1 Å². The fourth-order valence-corrected chi connectivity index (χ4v) is 1.84. The van der Waals surface area contributed by atoms with Crippen molar-refractivity contribution in [3.8, 4) is 17.1 Å². The summed E-state index contributed by atoms with van der Waals surface area (Å²) in [7, 11) is 1.54. The maximum absolute atomic E-state index is 13.8. The van der Waals surface area contributed by atoms with E-state index in [-0.39, 0.29) is 5.82 Å². The summed E-state index contributed by atoms with van der Waals surface area (Å²) < 4.78 is 19.0. The van der Waals surface area contributed by atoms with Crippen LogP contribution in [0.2, 0.25) is 0 Å². The van der Waals surface area contributed by atoms with Gasteiger partial charge in [0.25, 0.3) is 0 Å². The summed E-state index contributed by atoms with van der Waals surface area (Å²) in [6.45, 7) is 4.51. The normalized spacial score (nSPS) is 10.8. The molecule has 4 nitrogen and oxygen atoms in total. The molecular formula is C15H18FN3O. The minimum absolute atomic E-state index is 0.232. The molecule has 1 N–H and O–H groups in total. The lowest BCUT2D eigenvalue weighted by Crippen LogP contribution is -2.22. The molecule has 1 heterocycles. The number of benzene rings is 1. The van der Waals surface area contributed by atoms with Crippen molar-refractivity contribution in [1.29, 1.82) is 0 Å². The number of hydrogen-bond donors (Lipinski definition) is 1. The molecule has 0 amide bonds. The highest BCUT2D eigenvalue weighted by Crippen LogP contribution is 2.26. The Morgan fingerprint density at radius 2 is 2.00 bits per heavy atom. The molecule has 0 atom stereocenters. The lowest BCUT2D eigenvalue weighted by atomic mass is 10.1. The van der Waals surface area contributed by atoms with Gasteiger partial charge in [0, 0.05) is 36.1 Å². The van der Waals surface area contributed by atoms with Gasteiger partial charge < -0.3 is 10.1 Å². The molecule has 5 heteroatoms. The van der Waals surface area contributed by atoms with E-state index in [1.807, 2.05) is 13.8 Å². The second-order valence-corrected chi connectivity index (χ2v) is 4.76. The zero-order chi connectivity index (χ0) is 14.5. The van der Waals surface area contributed by atoms with Crippen LogP contribution in [-0.2, 0) is 6.54 Å². The van der Waals surface area contributed by atoms with Gasteiger partial charge in [0.05, 0.1) is 7.11 Å². The molecule has 2 aromatic rings. The van der Waals surface area contributed by atoms with Gasteiger partial charge in [0.2, 0.25) is 5.88 Å². The number of nitrogens with zero attached hydrogens (tertiary/aromatic N) is 2. The Kier molecular flexibility index (Phi) is 4.63. The average Bonchev–Trinajstić information content (AvgIpc) is 2.46. The minimum Gasteiger partial charge on any atom is -0.479 e. The Labute approximate surface area is 118 Å². The number of hydrogen-bond acceptors (Lipinski definition) is 4. The second kappa shape index (κ2) is 6.43. The van der Waals surface area contributed by atoms with E-state index in [0.29, 0.717) is 29.7 Å². The summed E-state index contributed by atoms with van der Waals surface area (Å²) in [5, 5.41) is 3.20. The summed E-state index contributed by atoms with van der Waals surface area (Å²) >= 11 is 0. The molecule has 0 saturated heterocycles. The molecule has 0 unspecified atom stereocenters. The van der Waals surface area contributed by atoms with E-state index >= 15 is 0 Å². The van der Waals surface area contributed by atoms with Gasteiger partial charge >= 0.3 is 0 Å². The fraction of sp³-hybridized carbons (Fsp3) is 0.333. The van der Waals surface area contributed by atoms with Gasteiger partial charge in [-0.15, -0.1) is 0 Å². The van der Waals surface area contributed by atoms with Gasteiger partial charge in [-0.3, -0.25) is 0 Å². The first kappa shape index (κ1) is 14.4. The number of nitrogens with one attached hydrogen (secondary N) is 1. The summed E-state index contributed by atoms with van der Waals surface area (Å²) in [6, 6.07) is 5.20. The fourth-order valence-electron chi connectivity index (χ4n) is 1.84. The monoisotopic (exact) mass is 275 g/mol. The Morgan fingerprint density at radius 1 is 1.25 bits per heavy atom. The van der Waals surface area contributed by atoms with Crippen molar-refractivity contribution >= 4 is 0 Å². The second-order valence-electron chi connectivity index (χ2n) is 4.76. The lowest BCUT2D eigenvalue weighted by molar-refractivity contribution is 0.397. The smallest absolute Gasteiger partial charge is 0.240 e. The Balaban J connectivity index is 2.35. The van der Waals surface area contributed by atoms with Crippen molar-refractivity contribution in [3.05, 3.63) is 42.0 Å². The largest absolute Gasteiger partial charge is 0.479 e. The average molecular weight is 275 g/mol. The Hall–Kier alpha value is -2.01. The zero-order valence-electron chi connectivity index (χ0n) is 11.9. The standard InChI is InChI=1S/C15H18FN3O/c1-10(2)19-9-12-8-11(4-5-13(12)16)14-15(20-3)18-7-6-17-14/h4-8,10,19H,9H2,1-3H3. The minimum atomic E-state index is -0.232. The van der Waals surface area contributed by atoms with Crippen molar-refractivity contribution in [1.82, 2.24) is 15.3 Å². The van der Waals surface area contributed by atoms with E-state index in [9.17, 15) is 4.39 Å². The molecule has 0 spiro atoms. The SMILES string of the molecule is COc1nccnc1-c1ccc(F)c(CNC(C)C)c1. The zero-order valence-corrected chi connectivity index (χ0v) is 11.9. The van der Waals surface area contributed by atoms with Gasteiger partial charge in [-0.2, -0.15) is 0 Å². The van der Waals surface area contributed by atoms with Crippen LogP contribution >= 0.6 is 0 Å². The topological polar surface area (TPSA) is 47.0 Å². The van der Waals surface area contributed by atoms with Gasteiger partial charge in [-0.25, -0.2) is 14.4 Å². The highest BCUT2D eigenvalue weighted by Gasteiger charge is 2.11. The molecule has 2 rings (SSSR count). The van der Waals surface area contributed by atoms with Crippen LogP contribution in [0.5, 0.6) is 5.88 Å². The van der Waals surface area contributed by atoms with Crippen LogP contribution in [0, 0.1) is 5.82 Å². The number of methoxy groups -OCH3 is 1. The molecular weight excluding hydrogens is 257 g/mol. The van der Waals surface area contributed by atoms with Crippen LogP contribution in [0.3, 0.4) is 0 Å². The summed E-state index contributed by atoms with van der Waals surface area (Å²) in [5.74, 6) is 0.201. The molecule has 0 radical (unpaired) electrons. The first-order valence-corrected chi connectivity index (χ1v) is 6.49. The van der Waals surface area contributed by atoms with E-state index in [1.165, 1.54) is 13.2 Å². The molecule has 0 aliphatic carbocycles. The van der Waals surface area contributed by atoms with Crippen molar-refractivity contribution in [2.45, 2.75) is 26.4 Å². The maximum Gasteiger partial charge on any atom is 0.240 e. The number of rotatable bonds is 5. The van der Waals surface area contributed by atoms with E-state index < -0.39 is 0 Å². The van der Waals surface area contributed by atoms with E-state index in [2.05, 4.69) is 15.3 Å². The van der Waals surface area contributed by atoms with Gasteiger partial charge in [-0.1, -0.05) is 13.8 Å². The van der Waals surface area contributed by atoms with Crippen LogP contribution in [0.1, 0.15) is 19.4 Å². The molecule has 1 aromatic carbocycles. The first-order valence-electron chi connectivity index (χ1n) is 6.49. The van der Waals surface area contributed by atoms with E-state index in [0.717, 1.165) is 5.56 Å². The third-order valence-corrected chi connectivity index (χ3v) is 2.88. The van der Waals surface area contributed by atoms with Crippen molar-refractivity contribution < 1.29 is 9.13 Å². The first-order chi connectivity index (χ1) is 9.61. The third kappa shape index (κ3) is 3.30. The van der Waals surface area contributed by atoms with Crippen molar-refractivity contribution in [2.24, 2.45) is 0 Å². The summed E-state index contributed by atoms with van der Waals surface area (Å²) in [5.41, 5.74) is 2.00. The van der Waals surface area contributed by atoms with E-state index in [1.54, 1.807) is 24.5 Å². The predicted molar refractivity (Wildman–Crippen MR) is 76.0 cm³/mol. The van der Waals surface area contributed by atoms with Crippen LogP contribution in [0.25, 0.3) is 11.3 Å². The van der Waals surface area contributed by atoms with Gasteiger partial charge in [0.15, 0.2) is 0 Å². The van der Waals surface area contributed by atoms with Crippen molar-refractivity contribution in [3.63, 3.8) is 0 Å². The highest BCUT2D eigenvalue weighted by atomic mass is 19.1. The number of halogens is 1. The van der Waals surface area contributed by atoms with Crippen LogP contribution in [0.15, 0.2) is 30.6 Å². The number of aromatic nitrogens is 2. The molecule has 106 valence electrons. The third-order valence-electron chi connectivity index (χ3n) is 2.88. The molecule has 0 aliphatic rings. The van der Waals surface area contributed by atoms with Gasteiger partial charge in [0.1, 0.15) is 11.5 Å². The Bertz CT molecular complexity index is 587. The molecule has 0 bridgehead atoms. The molecule has 20 heavy (non-hydrogen) atoms. The summed E-state index contributed by atoms with van der Waals surface area (Å²) in [6.07, 6.45) is 3.15. The number of ether oxygens (including phenoxy) is 1.